The van der Waals surface area contributed by atoms with Crippen molar-refractivity contribution in [1.29, 1.82) is 0 Å². The third-order valence-corrected chi connectivity index (χ3v) is 3.47. The van der Waals surface area contributed by atoms with Gasteiger partial charge in [0.25, 0.3) is 0 Å². The van der Waals surface area contributed by atoms with Crippen LogP contribution >= 0.6 is 0 Å². The summed E-state index contributed by atoms with van der Waals surface area (Å²) >= 11 is 0. The van der Waals surface area contributed by atoms with E-state index in [0.29, 0.717) is 12.5 Å². The summed E-state index contributed by atoms with van der Waals surface area (Å²) < 4.78 is 17.6. The van der Waals surface area contributed by atoms with Crippen molar-refractivity contribution in [2.24, 2.45) is 5.92 Å². The number of carbonyl (C=O) groups excluding carboxylic acids is 4. The predicted molar refractivity (Wildman–Crippen MR) is 145 cm³/mol. The highest BCUT2D eigenvalue weighted by atomic mass is 16.5. The van der Waals surface area contributed by atoms with Crippen molar-refractivity contribution in [2.45, 2.75) is 46.5 Å². The van der Waals surface area contributed by atoms with Gasteiger partial charge in [0.05, 0.1) is 26.6 Å². The average Bonchev–Trinajstić information content (AvgIpc) is 2.92. The number of rotatable bonds is 13. The molecule has 38 heavy (non-hydrogen) atoms. The van der Waals surface area contributed by atoms with Gasteiger partial charge in [-0.1, -0.05) is 66.0 Å². The van der Waals surface area contributed by atoms with Crippen LogP contribution in [0.2, 0.25) is 0 Å². The van der Waals surface area contributed by atoms with Gasteiger partial charge in [0.15, 0.2) is 0 Å². The van der Waals surface area contributed by atoms with Crippen LogP contribution in [-0.4, -0.2) is 67.0 Å². The van der Waals surface area contributed by atoms with Gasteiger partial charge in [-0.05, 0) is 12.3 Å². The molecule has 1 atom stereocenters. The van der Waals surface area contributed by atoms with Gasteiger partial charge >= 0.3 is 29.8 Å². The molecular formula is C27H44O11. The van der Waals surface area contributed by atoms with Gasteiger partial charge in [-0.25, -0.2) is 19.2 Å². The van der Waals surface area contributed by atoms with Crippen molar-refractivity contribution < 1.29 is 53.1 Å². The number of esters is 4. The molecule has 0 aromatic rings. The van der Waals surface area contributed by atoms with Crippen LogP contribution in [0.15, 0.2) is 63.5 Å². The second-order valence-corrected chi connectivity index (χ2v) is 6.39. The molecule has 0 saturated heterocycles. The number of ether oxygens (including phenoxy) is 4. The van der Waals surface area contributed by atoms with E-state index in [1.165, 1.54) is 33.0 Å². The van der Waals surface area contributed by atoms with Gasteiger partial charge in [0, 0.05) is 31.2 Å². The Morgan fingerprint density at radius 3 is 1.55 bits per heavy atom. The first-order chi connectivity index (χ1) is 17.9. The second-order valence-electron chi connectivity index (χ2n) is 6.39. The third kappa shape index (κ3) is 53.4. The van der Waals surface area contributed by atoms with E-state index in [0.717, 1.165) is 37.3 Å². The number of hydrogen-bond acceptors (Lipinski definition) is 10. The largest absolute Gasteiger partial charge is 0.478 e. The Labute approximate surface area is 226 Å². The number of carboxylic acids is 1. The summed E-state index contributed by atoms with van der Waals surface area (Å²) in [5.41, 5.74) is 0. The fourth-order valence-corrected chi connectivity index (χ4v) is 1.56. The van der Waals surface area contributed by atoms with E-state index in [1.807, 2.05) is 0 Å². The molecule has 0 aromatic carbocycles. The lowest BCUT2D eigenvalue weighted by Crippen LogP contribution is -2.12. The van der Waals surface area contributed by atoms with Crippen LogP contribution in [0, 0.1) is 5.92 Å². The number of unbranched alkanes of at least 4 members (excludes halogenated alkanes) is 1. The van der Waals surface area contributed by atoms with E-state index >= 15 is 0 Å². The fraction of sp³-hybridized carbons (Fsp3) is 0.444. The maximum atomic E-state index is 10.8. The van der Waals surface area contributed by atoms with Gasteiger partial charge in [0.1, 0.15) is 6.61 Å². The topological polar surface area (TPSA) is 163 Å². The number of hydrogen-bond donors (Lipinski definition) is 2. The first-order valence-electron chi connectivity index (χ1n) is 11.4. The number of carbonyl (C=O) groups is 5. The van der Waals surface area contributed by atoms with Crippen molar-refractivity contribution in [1.82, 2.24) is 0 Å². The number of aliphatic hydroxyl groups is 1. The molecule has 0 radical (unpaired) electrons. The van der Waals surface area contributed by atoms with Crippen molar-refractivity contribution >= 4 is 29.8 Å². The molecule has 0 rings (SSSR count). The highest BCUT2D eigenvalue weighted by Gasteiger charge is 2.07. The molecule has 0 spiro atoms. The molecule has 2 N–H and O–H groups in total. The highest BCUT2D eigenvalue weighted by molar-refractivity contribution is 5.81. The number of methoxy groups -OCH3 is 1. The summed E-state index contributed by atoms with van der Waals surface area (Å²) in [6.45, 7) is 21.9. The molecule has 0 heterocycles. The lowest BCUT2D eigenvalue weighted by molar-refractivity contribution is -0.139. The minimum absolute atomic E-state index is 0.0465. The van der Waals surface area contributed by atoms with Gasteiger partial charge < -0.3 is 29.2 Å². The summed E-state index contributed by atoms with van der Waals surface area (Å²) in [6, 6.07) is 0. The van der Waals surface area contributed by atoms with E-state index in [4.69, 9.17) is 14.9 Å². The Hall–Kier alpha value is -3.99. The zero-order valence-corrected chi connectivity index (χ0v) is 23.0. The molecule has 0 aromatic heterocycles. The quantitative estimate of drug-likeness (QED) is 0.149. The predicted octanol–water partition coefficient (Wildman–Crippen LogP) is 3.94. The molecular weight excluding hydrogens is 500 g/mol. The maximum Gasteiger partial charge on any atom is 0.330 e. The fourth-order valence-electron chi connectivity index (χ4n) is 1.56. The Kier molecular flexibility index (Phi) is 43.5. The Morgan fingerprint density at radius 1 is 0.842 bits per heavy atom. The first kappa shape index (κ1) is 44.0. The van der Waals surface area contributed by atoms with E-state index in [9.17, 15) is 24.0 Å². The molecule has 0 saturated carbocycles. The molecule has 0 aliphatic heterocycles. The Bertz CT molecular complexity index is 697. The van der Waals surface area contributed by atoms with Crippen LogP contribution in [0.25, 0.3) is 0 Å². The highest BCUT2D eigenvalue weighted by Crippen LogP contribution is 2.12. The molecule has 0 bridgehead atoms. The zero-order valence-electron chi connectivity index (χ0n) is 23.0. The lowest BCUT2D eigenvalue weighted by atomic mass is 10.0. The molecule has 0 fully saturated rings. The molecule has 0 aliphatic carbocycles. The minimum atomic E-state index is -0.981. The van der Waals surface area contributed by atoms with Crippen molar-refractivity contribution in [3.05, 3.63) is 63.5 Å². The van der Waals surface area contributed by atoms with Gasteiger partial charge in [-0.15, -0.1) is 0 Å². The minimum Gasteiger partial charge on any atom is -0.478 e. The zero-order chi connectivity index (χ0) is 30.8. The summed E-state index contributed by atoms with van der Waals surface area (Å²) in [5, 5.41) is 15.7. The summed E-state index contributed by atoms with van der Waals surface area (Å²) in [5.74, 6) is -2.00. The molecule has 1 unspecified atom stereocenters. The first-order valence-corrected chi connectivity index (χ1v) is 11.4. The summed E-state index contributed by atoms with van der Waals surface area (Å²) in [4.78, 5) is 49.7. The van der Waals surface area contributed by atoms with E-state index in [-0.39, 0.29) is 25.2 Å². The van der Waals surface area contributed by atoms with E-state index in [2.05, 4.69) is 61.0 Å². The molecule has 0 amide bonds. The number of carboxylic acid groups (broad SMARTS) is 1. The number of aliphatic hydroxyl groups excluding tert-OH is 1. The normalized spacial score (nSPS) is 8.87. The van der Waals surface area contributed by atoms with Crippen LogP contribution in [0.3, 0.4) is 0 Å². The molecule has 0 aliphatic rings. The van der Waals surface area contributed by atoms with E-state index in [1.54, 1.807) is 0 Å². The van der Waals surface area contributed by atoms with Gasteiger partial charge in [-0.3, -0.25) is 4.79 Å². The maximum absolute atomic E-state index is 10.8. The SMILES string of the molecule is C=CC(=O)O.C=CC(=O)OC.C=CC(=O)OCC(CC)CCCC.C=CC(=O)OCCO.C=COC(C)=O. The molecule has 11 nitrogen and oxygen atoms in total. The smallest absolute Gasteiger partial charge is 0.330 e. The Balaban J connectivity index is -0.000000126. The van der Waals surface area contributed by atoms with Gasteiger partial charge in [0.2, 0.25) is 0 Å². The Morgan fingerprint density at radius 2 is 1.32 bits per heavy atom. The second kappa shape index (κ2) is 37.6. The van der Waals surface area contributed by atoms with Crippen LogP contribution < -0.4 is 0 Å². The summed E-state index contributed by atoms with van der Waals surface area (Å²) in [6.07, 6.45) is 9.95. The standard InChI is InChI=1S/C11H20O2.C5H8O3.2C4H6O2.C3H4O2/c1-4-7-8-10(5-2)9-13-11(12)6-3;1-2-5(7)8-4-3-6;1-3-4(5)6-2;1-3-6-4(2)5;1-2-3(4)5/h6,10H,3-5,7-9H2,1-2H3;2,6H,1,3-4H2;2*3H,1H2,2H3;2H,1H2,(H,4,5). The van der Waals surface area contributed by atoms with Crippen LogP contribution in [-0.2, 0) is 42.9 Å². The average molecular weight is 545 g/mol. The lowest BCUT2D eigenvalue weighted by Gasteiger charge is -2.13. The molecule has 218 valence electrons. The van der Waals surface area contributed by atoms with Crippen molar-refractivity contribution in [3.8, 4) is 0 Å². The van der Waals surface area contributed by atoms with E-state index < -0.39 is 17.9 Å². The van der Waals surface area contributed by atoms with Crippen LogP contribution in [0.1, 0.15) is 46.5 Å². The monoisotopic (exact) mass is 544 g/mol. The van der Waals surface area contributed by atoms with Crippen LogP contribution in [0.4, 0.5) is 0 Å². The van der Waals surface area contributed by atoms with Gasteiger partial charge in [-0.2, -0.15) is 0 Å². The number of aliphatic carboxylic acids is 1. The van der Waals surface area contributed by atoms with Crippen LogP contribution in [0.5, 0.6) is 0 Å². The molecule has 11 heteroatoms. The van der Waals surface area contributed by atoms with Crippen molar-refractivity contribution in [3.63, 3.8) is 0 Å². The summed E-state index contributed by atoms with van der Waals surface area (Å²) in [7, 11) is 1.31. The third-order valence-electron chi connectivity index (χ3n) is 3.47. The van der Waals surface area contributed by atoms with Crippen molar-refractivity contribution in [2.75, 3.05) is 26.9 Å².